The summed E-state index contributed by atoms with van der Waals surface area (Å²) in [4.78, 5) is 25.3. The zero-order chi connectivity index (χ0) is 13.0. The Hall–Kier alpha value is -1.10. The summed E-state index contributed by atoms with van der Waals surface area (Å²) in [6, 6.07) is -0.112. The summed E-state index contributed by atoms with van der Waals surface area (Å²) >= 11 is 0. The van der Waals surface area contributed by atoms with Crippen LogP contribution in [0.4, 0.5) is 0 Å². The van der Waals surface area contributed by atoms with Crippen molar-refractivity contribution in [2.45, 2.75) is 58.2 Å². The van der Waals surface area contributed by atoms with Gasteiger partial charge in [-0.25, -0.2) is 0 Å². The third kappa shape index (κ3) is 4.00. The highest BCUT2D eigenvalue weighted by Gasteiger charge is 2.33. The number of carbonyl (C=O) groups excluding carboxylic acids is 2. The van der Waals surface area contributed by atoms with E-state index >= 15 is 0 Å². The number of amides is 2. The van der Waals surface area contributed by atoms with E-state index in [-0.39, 0.29) is 29.9 Å². The lowest BCUT2D eigenvalue weighted by atomic mass is 10.1. The van der Waals surface area contributed by atoms with Crippen molar-refractivity contribution >= 4 is 11.8 Å². The Labute approximate surface area is 103 Å². The van der Waals surface area contributed by atoms with Crippen molar-refractivity contribution in [3.63, 3.8) is 0 Å². The van der Waals surface area contributed by atoms with E-state index in [9.17, 15) is 9.59 Å². The van der Waals surface area contributed by atoms with Crippen LogP contribution in [-0.2, 0) is 9.59 Å². The summed E-state index contributed by atoms with van der Waals surface area (Å²) in [7, 11) is 0. The van der Waals surface area contributed by atoms with Crippen LogP contribution in [0.2, 0.25) is 0 Å². The Kier molecular flexibility index (Phi) is 4.93. The van der Waals surface area contributed by atoms with E-state index in [2.05, 4.69) is 5.32 Å². The van der Waals surface area contributed by atoms with Crippen LogP contribution >= 0.6 is 0 Å². The number of nitrogens with two attached hydrogens (primary N) is 1. The molecule has 98 valence electrons. The highest BCUT2D eigenvalue weighted by atomic mass is 16.2. The van der Waals surface area contributed by atoms with Gasteiger partial charge in [-0.15, -0.1) is 0 Å². The summed E-state index contributed by atoms with van der Waals surface area (Å²) < 4.78 is 0. The van der Waals surface area contributed by atoms with E-state index in [1.165, 1.54) is 0 Å². The normalized spacial score (nSPS) is 22.1. The molecule has 5 heteroatoms. The van der Waals surface area contributed by atoms with Gasteiger partial charge in [0, 0.05) is 25.0 Å². The molecule has 1 aliphatic heterocycles. The molecule has 0 aromatic rings. The molecule has 0 saturated carbocycles. The Bertz CT molecular complexity index is 289. The van der Waals surface area contributed by atoms with Crippen molar-refractivity contribution < 1.29 is 9.59 Å². The maximum Gasteiger partial charge on any atom is 0.245 e. The number of nitrogens with zero attached hydrogens (tertiary/aromatic N) is 1. The van der Waals surface area contributed by atoms with Crippen molar-refractivity contribution in [3.8, 4) is 0 Å². The van der Waals surface area contributed by atoms with Gasteiger partial charge in [-0.2, -0.15) is 0 Å². The SMILES string of the molecule is CC(N)CCC(=O)NC1CCN(C(C)C)C1=O. The van der Waals surface area contributed by atoms with Crippen LogP contribution in [0.25, 0.3) is 0 Å². The van der Waals surface area contributed by atoms with Crippen molar-refractivity contribution in [1.82, 2.24) is 10.2 Å². The molecular weight excluding hydrogens is 218 g/mol. The lowest BCUT2D eigenvalue weighted by Gasteiger charge is -2.21. The van der Waals surface area contributed by atoms with Gasteiger partial charge in [-0.05, 0) is 33.6 Å². The fourth-order valence-electron chi connectivity index (χ4n) is 1.97. The smallest absolute Gasteiger partial charge is 0.245 e. The molecular formula is C12H23N3O2. The molecule has 0 aromatic carbocycles. The number of likely N-dealkylation sites (tertiary alicyclic amines) is 1. The average molecular weight is 241 g/mol. The van der Waals surface area contributed by atoms with E-state index in [4.69, 9.17) is 5.73 Å². The van der Waals surface area contributed by atoms with Gasteiger partial charge in [0.2, 0.25) is 11.8 Å². The molecule has 0 bridgehead atoms. The van der Waals surface area contributed by atoms with Crippen molar-refractivity contribution in [2.75, 3.05) is 6.54 Å². The number of hydrogen-bond acceptors (Lipinski definition) is 3. The molecule has 0 spiro atoms. The summed E-state index contributed by atoms with van der Waals surface area (Å²) in [5.41, 5.74) is 5.58. The molecule has 0 aromatic heterocycles. The van der Waals surface area contributed by atoms with E-state index in [1.54, 1.807) is 4.90 Å². The average Bonchev–Trinajstić information content (AvgIpc) is 2.58. The summed E-state index contributed by atoms with van der Waals surface area (Å²) in [6.45, 7) is 6.57. The maximum atomic E-state index is 11.9. The predicted molar refractivity (Wildman–Crippen MR) is 66.3 cm³/mol. The van der Waals surface area contributed by atoms with Gasteiger partial charge < -0.3 is 16.0 Å². The van der Waals surface area contributed by atoms with E-state index in [1.807, 2.05) is 20.8 Å². The van der Waals surface area contributed by atoms with Crippen LogP contribution < -0.4 is 11.1 Å². The Balaban J connectivity index is 2.38. The standard InChI is InChI=1S/C12H23N3O2/c1-8(2)15-7-6-10(12(15)17)14-11(16)5-4-9(3)13/h8-10H,4-7,13H2,1-3H3,(H,14,16). The zero-order valence-electron chi connectivity index (χ0n) is 10.9. The second kappa shape index (κ2) is 6.00. The first-order valence-electron chi connectivity index (χ1n) is 6.27. The van der Waals surface area contributed by atoms with Gasteiger partial charge in [0.15, 0.2) is 0 Å². The third-order valence-electron chi connectivity index (χ3n) is 3.03. The number of rotatable bonds is 5. The first kappa shape index (κ1) is 14.0. The van der Waals surface area contributed by atoms with E-state index in [0.717, 1.165) is 6.54 Å². The van der Waals surface area contributed by atoms with E-state index in [0.29, 0.717) is 19.3 Å². The maximum absolute atomic E-state index is 11.9. The first-order chi connectivity index (χ1) is 7.91. The molecule has 1 fully saturated rings. The molecule has 3 N–H and O–H groups in total. The van der Waals surface area contributed by atoms with Crippen LogP contribution in [0.5, 0.6) is 0 Å². The number of hydrogen-bond donors (Lipinski definition) is 2. The van der Waals surface area contributed by atoms with Gasteiger partial charge in [0.25, 0.3) is 0 Å². The molecule has 1 heterocycles. The first-order valence-corrected chi connectivity index (χ1v) is 6.27. The van der Waals surface area contributed by atoms with Crippen molar-refractivity contribution in [2.24, 2.45) is 5.73 Å². The molecule has 1 rings (SSSR count). The largest absolute Gasteiger partial charge is 0.344 e. The van der Waals surface area contributed by atoms with Crippen LogP contribution in [0.1, 0.15) is 40.0 Å². The van der Waals surface area contributed by atoms with E-state index < -0.39 is 0 Å². The van der Waals surface area contributed by atoms with Gasteiger partial charge in [0.05, 0.1) is 0 Å². The number of nitrogens with one attached hydrogen (secondary N) is 1. The highest BCUT2D eigenvalue weighted by Crippen LogP contribution is 2.14. The molecule has 1 aliphatic rings. The zero-order valence-corrected chi connectivity index (χ0v) is 10.9. The summed E-state index contributed by atoms with van der Waals surface area (Å²) in [5, 5.41) is 2.78. The van der Waals surface area contributed by atoms with Gasteiger partial charge in [-0.1, -0.05) is 0 Å². The second-order valence-corrected chi connectivity index (χ2v) is 5.05. The van der Waals surface area contributed by atoms with Gasteiger partial charge in [-0.3, -0.25) is 9.59 Å². The number of carbonyl (C=O) groups is 2. The van der Waals surface area contributed by atoms with Gasteiger partial charge in [0.1, 0.15) is 6.04 Å². The molecule has 2 unspecified atom stereocenters. The molecule has 1 saturated heterocycles. The van der Waals surface area contributed by atoms with Crippen molar-refractivity contribution in [3.05, 3.63) is 0 Å². The molecule has 0 radical (unpaired) electrons. The minimum Gasteiger partial charge on any atom is -0.344 e. The molecule has 2 atom stereocenters. The minimum atomic E-state index is -0.335. The Morgan fingerprint density at radius 2 is 2.18 bits per heavy atom. The molecule has 2 amide bonds. The van der Waals surface area contributed by atoms with Crippen LogP contribution in [0, 0.1) is 0 Å². The second-order valence-electron chi connectivity index (χ2n) is 5.05. The predicted octanol–water partition coefficient (Wildman–Crippen LogP) is 0.239. The quantitative estimate of drug-likeness (QED) is 0.724. The monoisotopic (exact) mass is 241 g/mol. The van der Waals surface area contributed by atoms with Crippen molar-refractivity contribution in [1.29, 1.82) is 0 Å². The molecule has 5 nitrogen and oxygen atoms in total. The minimum absolute atomic E-state index is 0.0205. The highest BCUT2D eigenvalue weighted by molar-refractivity contribution is 5.89. The molecule has 17 heavy (non-hydrogen) atoms. The van der Waals surface area contributed by atoms with Gasteiger partial charge >= 0.3 is 0 Å². The lowest BCUT2D eigenvalue weighted by molar-refractivity contribution is -0.133. The van der Waals surface area contributed by atoms with Crippen LogP contribution in [-0.4, -0.2) is 41.4 Å². The van der Waals surface area contributed by atoms with Crippen LogP contribution in [0.3, 0.4) is 0 Å². The summed E-state index contributed by atoms with van der Waals surface area (Å²) in [6.07, 6.45) is 1.75. The Morgan fingerprint density at radius 1 is 1.53 bits per heavy atom. The third-order valence-corrected chi connectivity index (χ3v) is 3.03. The lowest BCUT2D eigenvalue weighted by Crippen LogP contribution is -2.43. The van der Waals surface area contributed by atoms with Crippen LogP contribution in [0.15, 0.2) is 0 Å². The topological polar surface area (TPSA) is 75.4 Å². The fourth-order valence-corrected chi connectivity index (χ4v) is 1.97. The summed E-state index contributed by atoms with van der Waals surface area (Å²) in [5.74, 6) is -0.0413. The fraction of sp³-hybridized carbons (Fsp3) is 0.833. The Morgan fingerprint density at radius 3 is 2.65 bits per heavy atom. The molecule has 0 aliphatic carbocycles.